The van der Waals surface area contributed by atoms with Crippen molar-refractivity contribution in [3.8, 4) is 33.6 Å². The number of aromatic nitrogens is 5. The number of carboxylic acid groups (broad SMARTS) is 1. The molecule has 0 radical (unpaired) electrons. The smallest absolute Gasteiger partial charge is 0.337 e. The molecule has 0 spiro atoms. The van der Waals surface area contributed by atoms with Gasteiger partial charge < -0.3 is 10.8 Å². The summed E-state index contributed by atoms with van der Waals surface area (Å²) in [7, 11) is 0. The highest BCUT2D eigenvalue weighted by atomic mass is 79.9. The van der Waals surface area contributed by atoms with Crippen LogP contribution in [0.15, 0.2) is 77.8 Å². The quantitative estimate of drug-likeness (QED) is 0.381. The summed E-state index contributed by atoms with van der Waals surface area (Å²) in [6.45, 7) is 0. The van der Waals surface area contributed by atoms with E-state index in [1.165, 1.54) is 16.8 Å². The number of carboxylic acids is 1. The predicted octanol–water partition coefficient (Wildman–Crippen LogP) is 4.56. The molecular formula is C23H15BrN6O2. The van der Waals surface area contributed by atoms with Crippen LogP contribution in [0.2, 0.25) is 0 Å². The summed E-state index contributed by atoms with van der Waals surface area (Å²) in [5.74, 6) is -0.731. The Labute approximate surface area is 190 Å². The Balaban J connectivity index is 1.63. The van der Waals surface area contributed by atoms with Crippen LogP contribution in [0, 0.1) is 0 Å². The Hall–Kier alpha value is -4.11. The summed E-state index contributed by atoms with van der Waals surface area (Å²) >= 11 is 3.46. The lowest BCUT2D eigenvalue weighted by Crippen LogP contribution is -2.04. The Morgan fingerprint density at radius 3 is 2.50 bits per heavy atom. The van der Waals surface area contributed by atoms with Gasteiger partial charge >= 0.3 is 5.97 Å². The van der Waals surface area contributed by atoms with Crippen LogP contribution in [-0.4, -0.2) is 35.6 Å². The molecular weight excluding hydrogens is 472 g/mol. The molecule has 4 aromatic heterocycles. The first kappa shape index (κ1) is 19.8. The van der Waals surface area contributed by atoms with Gasteiger partial charge in [0.15, 0.2) is 5.65 Å². The van der Waals surface area contributed by atoms with E-state index in [1.54, 1.807) is 18.6 Å². The van der Waals surface area contributed by atoms with Crippen molar-refractivity contribution in [3.05, 3.63) is 83.4 Å². The van der Waals surface area contributed by atoms with E-state index >= 15 is 0 Å². The van der Waals surface area contributed by atoms with E-state index < -0.39 is 5.97 Å². The van der Waals surface area contributed by atoms with Gasteiger partial charge in [-0.15, -0.1) is 0 Å². The second kappa shape index (κ2) is 7.86. The van der Waals surface area contributed by atoms with Gasteiger partial charge in [-0.1, -0.05) is 36.4 Å². The molecule has 0 fully saturated rings. The molecule has 0 aliphatic heterocycles. The zero-order valence-electron chi connectivity index (χ0n) is 16.5. The lowest BCUT2D eigenvalue weighted by atomic mass is 10.1. The number of rotatable bonds is 4. The van der Waals surface area contributed by atoms with Gasteiger partial charge in [-0.3, -0.25) is 9.97 Å². The fourth-order valence-electron chi connectivity index (χ4n) is 3.41. The number of anilines is 1. The third kappa shape index (κ3) is 3.38. The van der Waals surface area contributed by atoms with Crippen molar-refractivity contribution in [2.45, 2.75) is 0 Å². The van der Waals surface area contributed by atoms with E-state index in [0.717, 1.165) is 22.4 Å². The first-order chi connectivity index (χ1) is 15.5. The lowest BCUT2D eigenvalue weighted by molar-refractivity contribution is 0.0696. The van der Waals surface area contributed by atoms with Crippen molar-refractivity contribution >= 4 is 33.4 Å². The van der Waals surface area contributed by atoms with Crippen LogP contribution >= 0.6 is 15.9 Å². The van der Waals surface area contributed by atoms with E-state index in [2.05, 4.69) is 31.0 Å². The molecule has 0 bridgehead atoms. The summed E-state index contributed by atoms with van der Waals surface area (Å²) in [6.07, 6.45) is 6.28. The Morgan fingerprint density at radius 2 is 1.78 bits per heavy atom. The van der Waals surface area contributed by atoms with Crippen LogP contribution in [0.5, 0.6) is 0 Å². The third-order valence-electron chi connectivity index (χ3n) is 5.03. The number of nitrogens with zero attached hydrogens (tertiary/aromatic N) is 5. The first-order valence-electron chi connectivity index (χ1n) is 9.56. The van der Waals surface area contributed by atoms with Crippen molar-refractivity contribution in [2.24, 2.45) is 0 Å². The van der Waals surface area contributed by atoms with Crippen LogP contribution < -0.4 is 5.73 Å². The Kier molecular flexibility index (Phi) is 4.87. The van der Waals surface area contributed by atoms with Crippen LogP contribution in [0.4, 0.5) is 5.82 Å². The predicted molar refractivity (Wildman–Crippen MR) is 124 cm³/mol. The van der Waals surface area contributed by atoms with E-state index in [1.807, 2.05) is 42.5 Å². The molecule has 156 valence electrons. The summed E-state index contributed by atoms with van der Waals surface area (Å²) in [6, 6.07) is 15.3. The average Bonchev–Trinajstić information content (AvgIpc) is 3.26. The Bertz CT molecular complexity index is 1470. The third-order valence-corrected chi connectivity index (χ3v) is 5.81. The molecule has 3 N–H and O–H groups in total. The molecule has 0 amide bonds. The van der Waals surface area contributed by atoms with Gasteiger partial charge in [-0.2, -0.15) is 9.61 Å². The molecule has 1 aromatic carbocycles. The van der Waals surface area contributed by atoms with Crippen LogP contribution in [0.3, 0.4) is 0 Å². The fourth-order valence-corrected chi connectivity index (χ4v) is 3.89. The zero-order valence-corrected chi connectivity index (χ0v) is 18.1. The Morgan fingerprint density at radius 1 is 0.969 bits per heavy atom. The molecule has 4 heterocycles. The van der Waals surface area contributed by atoms with Gasteiger partial charge in [0.25, 0.3) is 0 Å². The van der Waals surface area contributed by atoms with Crippen molar-refractivity contribution in [1.29, 1.82) is 0 Å². The summed E-state index contributed by atoms with van der Waals surface area (Å²) in [4.78, 5) is 24.7. The van der Waals surface area contributed by atoms with Crippen molar-refractivity contribution in [2.75, 3.05) is 5.73 Å². The SMILES string of the molecule is Nc1c(Br)c(-c2cncc(C(=O)O)c2)nc2c(-c3ccc(-c4ccccc4)nc3)cnn12. The van der Waals surface area contributed by atoms with E-state index in [-0.39, 0.29) is 5.56 Å². The molecule has 9 heteroatoms. The van der Waals surface area contributed by atoms with E-state index in [9.17, 15) is 9.90 Å². The second-order valence-electron chi connectivity index (χ2n) is 7.02. The maximum Gasteiger partial charge on any atom is 0.337 e. The number of nitrogens with two attached hydrogens (primary N) is 1. The molecule has 5 rings (SSSR count). The van der Waals surface area contributed by atoms with Gasteiger partial charge in [0.1, 0.15) is 5.82 Å². The second-order valence-corrected chi connectivity index (χ2v) is 7.81. The van der Waals surface area contributed by atoms with Crippen LogP contribution in [-0.2, 0) is 0 Å². The molecule has 0 atom stereocenters. The lowest BCUT2D eigenvalue weighted by Gasteiger charge is -2.10. The minimum Gasteiger partial charge on any atom is -0.478 e. The molecule has 0 aliphatic rings. The number of hydrogen-bond acceptors (Lipinski definition) is 6. The minimum absolute atomic E-state index is 0.0593. The van der Waals surface area contributed by atoms with Crippen LogP contribution in [0.25, 0.3) is 39.3 Å². The molecule has 0 saturated carbocycles. The van der Waals surface area contributed by atoms with Gasteiger partial charge in [-0.05, 0) is 28.1 Å². The number of halogens is 1. The fraction of sp³-hybridized carbons (Fsp3) is 0. The topological polar surface area (TPSA) is 119 Å². The highest BCUT2D eigenvalue weighted by Gasteiger charge is 2.18. The van der Waals surface area contributed by atoms with E-state index in [4.69, 9.17) is 10.7 Å². The van der Waals surface area contributed by atoms with Crippen molar-refractivity contribution in [3.63, 3.8) is 0 Å². The van der Waals surface area contributed by atoms with Crippen molar-refractivity contribution < 1.29 is 9.90 Å². The minimum atomic E-state index is -1.07. The number of fused-ring (bicyclic) bond motifs is 1. The van der Waals surface area contributed by atoms with Crippen molar-refractivity contribution in [1.82, 2.24) is 24.6 Å². The first-order valence-corrected chi connectivity index (χ1v) is 10.4. The maximum absolute atomic E-state index is 11.4. The number of benzene rings is 1. The van der Waals surface area contributed by atoms with Gasteiger partial charge in [0, 0.05) is 40.8 Å². The standard InChI is InChI=1S/C23H15BrN6O2/c24-19-20(15-8-16(23(31)32)10-26-9-15)29-22-17(12-28-30(22)21(19)25)14-6-7-18(27-11-14)13-4-2-1-3-5-13/h1-12H,25H2,(H,31,32). The van der Waals surface area contributed by atoms with E-state index in [0.29, 0.717) is 27.2 Å². The summed E-state index contributed by atoms with van der Waals surface area (Å²) in [5, 5.41) is 13.7. The molecule has 0 unspecified atom stereocenters. The van der Waals surface area contributed by atoms with Gasteiger partial charge in [0.05, 0.1) is 27.6 Å². The molecule has 5 aromatic rings. The zero-order chi connectivity index (χ0) is 22.2. The number of nitrogen functional groups attached to an aromatic ring is 1. The maximum atomic E-state index is 11.4. The van der Waals surface area contributed by atoms with Gasteiger partial charge in [-0.25, -0.2) is 9.78 Å². The molecule has 0 aliphatic carbocycles. The number of pyridine rings is 2. The monoisotopic (exact) mass is 486 g/mol. The molecule has 8 nitrogen and oxygen atoms in total. The highest BCUT2D eigenvalue weighted by molar-refractivity contribution is 9.10. The normalized spacial score (nSPS) is 11.0. The average molecular weight is 487 g/mol. The van der Waals surface area contributed by atoms with Crippen LogP contribution in [0.1, 0.15) is 10.4 Å². The largest absolute Gasteiger partial charge is 0.478 e. The highest BCUT2D eigenvalue weighted by Crippen LogP contribution is 2.35. The number of hydrogen-bond donors (Lipinski definition) is 2. The van der Waals surface area contributed by atoms with Gasteiger partial charge in [0.2, 0.25) is 0 Å². The number of carbonyl (C=O) groups is 1. The molecule has 32 heavy (non-hydrogen) atoms. The summed E-state index contributed by atoms with van der Waals surface area (Å²) < 4.78 is 2.03. The molecule has 0 saturated heterocycles. The number of aromatic carboxylic acids is 1. The summed E-state index contributed by atoms with van der Waals surface area (Å²) in [5.41, 5.74) is 11.4.